The number of nitrogens with zero attached hydrogens (tertiary/aromatic N) is 2. The van der Waals surface area contributed by atoms with Crippen LogP contribution in [0.5, 0.6) is 11.5 Å². The summed E-state index contributed by atoms with van der Waals surface area (Å²) >= 11 is 6.01. The number of hydrogen-bond donors (Lipinski definition) is 1. The monoisotopic (exact) mass is 529 g/mol. The summed E-state index contributed by atoms with van der Waals surface area (Å²) < 4.78 is 39.6. The fourth-order valence-electron chi connectivity index (χ4n) is 4.13. The average Bonchev–Trinajstić information content (AvgIpc) is 2.85. The Hall–Kier alpha value is -3.43. The van der Waals surface area contributed by atoms with Crippen molar-refractivity contribution in [2.75, 3.05) is 36.9 Å². The third-order valence-corrected chi connectivity index (χ3v) is 7.49. The highest BCUT2D eigenvalue weighted by molar-refractivity contribution is 7.92. The third kappa shape index (κ3) is 5.68. The molecule has 1 aliphatic heterocycles. The van der Waals surface area contributed by atoms with Gasteiger partial charge < -0.3 is 14.4 Å². The minimum atomic E-state index is -3.92. The molecule has 0 atom stereocenters. The third-order valence-electron chi connectivity index (χ3n) is 5.89. The molecule has 2 amide bonds. The second kappa shape index (κ2) is 10.7. The molecule has 1 fully saturated rings. The van der Waals surface area contributed by atoms with Gasteiger partial charge >= 0.3 is 6.03 Å². The summed E-state index contributed by atoms with van der Waals surface area (Å²) in [4.78, 5) is 16.9. The lowest BCUT2D eigenvalue weighted by molar-refractivity contribution is 0.192. The van der Waals surface area contributed by atoms with Gasteiger partial charge in [-0.25, -0.2) is 13.2 Å². The number of amides is 2. The number of ether oxygens (including phenoxy) is 2. The molecule has 10 heteroatoms. The summed E-state index contributed by atoms with van der Waals surface area (Å²) in [5.74, 6) is 1.28. The summed E-state index contributed by atoms with van der Waals surface area (Å²) in [5, 5.41) is 0.318. The highest BCUT2D eigenvalue weighted by atomic mass is 35.5. The van der Waals surface area contributed by atoms with E-state index in [-0.39, 0.29) is 10.9 Å². The number of nitrogens with one attached hydrogen (secondary N) is 1. The van der Waals surface area contributed by atoms with Gasteiger partial charge in [0, 0.05) is 30.7 Å². The molecule has 4 rings (SSSR count). The van der Waals surface area contributed by atoms with Crippen LogP contribution in [0.2, 0.25) is 5.02 Å². The van der Waals surface area contributed by atoms with Crippen molar-refractivity contribution < 1.29 is 22.7 Å². The molecule has 8 nitrogen and oxygen atoms in total. The Bertz CT molecular complexity index is 1360. The van der Waals surface area contributed by atoms with Gasteiger partial charge in [-0.1, -0.05) is 23.7 Å². The first-order valence-electron chi connectivity index (χ1n) is 11.4. The fraction of sp³-hybridized carbons (Fsp3) is 0.269. The first-order chi connectivity index (χ1) is 17.2. The van der Waals surface area contributed by atoms with Crippen LogP contribution < -0.4 is 19.1 Å². The fourth-order valence-corrected chi connectivity index (χ4v) is 5.50. The van der Waals surface area contributed by atoms with Crippen LogP contribution in [0.1, 0.15) is 17.5 Å². The van der Waals surface area contributed by atoms with Crippen molar-refractivity contribution in [2.24, 2.45) is 0 Å². The van der Waals surface area contributed by atoms with Crippen molar-refractivity contribution in [3.8, 4) is 11.5 Å². The molecule has 0 saturated carbocycles. The van der Waals surface area contributed by atoms with E-state index in [2.05, 4.69) is 4.72 Å². The first-order valence-corrected chi connectivity index (χ1v) is 13.2. The Labute approximate surface area is 216 Å². The average molecular weight is 530 g/mol. The minimum Gasteiger partial charge on any atom is -0.497 e. The highest BCUT2D eigenvalue weighted by Gasteiger charge is 2.29. The molecule has 0 radical (unpaired) electrons. The number of sulfonamides is 1. The van der Waals surface area contributed by atoms with E-state index in [1.54, 1.807) is 54.4 Å². The van der Waals surface area contributed by atoms with E-state index in [0.29, 0.717) is 47.5 Å². The quantitative estimate of drug-likeness (QED) is 0.428. The lowest BCUT2D eigenvalue weighted by Gasteiger charge is -2.36. The van der Waals surface area contributed by atoms with Crippen LogP contribution in [-0.2, 0) is 16.6 Å². The number of carbonyl (C=O) groups excluding carboxylic acids is 1. The molecule has 0 bridgehead atoms. The maximum absolute atomic E-state index is 13.6. The normalized spacial score (nSPS) is 14.1. The molecule has 1 saturated heterocycles. The molecule has 1 heterocycles. The van der Waals surface area contributed by atoms with Crippen LogP contribution in [0.25, 0.3) is 0 Å². The standard InChI is InChI=1S/C26H28ClN3O5S/c1-18-8-9-25(24(12-18)28-36(32,33)23-7-4-6-20(27)15-23)30-11-5-10-29(26(30)31)17-19-13-21(34-2)16-22(14-19)35-3/h4,6-9,12-16,28H,5,10-11,17H2,1-3H3. The first kappa shape index (κ1) is 25.7. The van der Waals surface area contributed by atoms with Gasteiger partial charge in [-0.15, -0.1) is 0 Å². The van der Waals surface area contributed by atoms with Crippen LogP contribution in [0.4, 0.5) is 16.2 Å². The SMILES string of the molecule is COc1cc(CN2CCCN(c3ccc(C)cc3NS(=O)(=O)c3cccc(Cl)c3)C2=O)cc(OC)c1. The summed E-state index contributed by atoms with van der Waals surface area (Å²) in [5.41, 5.74) is 2.54. The van der Waals surface area contributed by atoms with Crippen molar-refractivity contribution in [3.05, 3.63) is 76.8 Å². The maximum atomic E-state index is 13.6. The van der Waals surface area contributed by atoms with E-state index in [4.69, 9.17) is 21.1 Å². The molecule has 0 spiro atoms. The Kier molecular flexibility index (Phi) is 7.61. The number of benzene rings is 3. The Morgan fingerprint density at radius 3 is 2.36 bits per heavy atom. The molecule has 190 valence electrons. The van der Waals surface area contributed by atoms with Crippen molar-refractivity contribution in [1.29, 1.82) is 0 Å². The number of anilines is 2. The van der Waals surface area contributed by atoms with Gasteiger partial charge in [-0.3, -0.25) is 9.62 Å². The van der Waals surface area contributed by atoms with Crippen molar-refractivity contribution in [3.63, 3.8) is 0 Å². The van der Waals surface area contributed by atoms with Gasteiger partial charge in [0.1, 0.15) is 11.5 Å². The molecule has 3 aromatic rings. The number of hydrogen-bond acceptors (Lipinski definition) is 5. The van der Waals surface area contributed by atoms with Gasteiger partial charge in [0.25, 0.3) is 10.0 Å². The smallest absolute Gasteiger partial charge is 0.324 e. The van der Waals surface area contributed by atoms with Crippen molar-refractivity contribution >= 4 is 39.0 Å². The second-order valence-corrected chi connectivity index (χ2v) is 10.6. The van der Waals surface area contributed by atoms with Gasteiger partial charge in [-0.2, -0.15) is 0 Å². The predicted octanol–water partition coefficient (Wildman–Crippen LogP) is 5.30. The zero-order valence-corrected chi connectivity index (χ0v) is 21.9. The van der Waals surface area contributed by atoms with Crippen LogP contribution in [0.15, 0.2) is 65.6 Å². The number of rotatable bonds is 8. The second-order valence-electron chi connectivity index (χ2n) is 8.51. The van der Waals surface area contributed by atoms with E-state index < -0.39 is 10.0 Å². The van der Waals surface area contributed by atoms with Gasteiger partial charge in [-0.05, 0) is 66.9 Å². The zero-order valence-electron chi connectivity index (χ0n) is 20.3. The predicted molar refractivity (Wildman–Crippen MR) is 141 cm³/mol. The van der Waals surface area contributed by atoms with Gasteiger partial charge in [0.05, 0.1) is 30.5 Å². The summed E-state index contributed by atoms with van der Waals surface area (Å²) in [6.45, 7) is 3.26. The number of urea groups is 1. The molecule has 0 unspecified atom stereocenters. The maximum Gasteiger partial charge on any atom is 0.324 e. The molecular formula is C26H28ClN3O5S. The van der Waals surface area contributed by atoms with E-state index in [9.17, 15) is 13.2 Å². The van der Waals surface area contributed by atoms with Crippen LogP contribution in [0, 0.1) is 6.92 Å². The van der Waals surface area contributed by atoms with E-state index in [0.717, 1.165) is 17.5 Å². The number of methoxy groups -OCH3 is 2. The van der Waals surface area contributed by atoms with Crippen molar-refractivity contribution in [1.82, 2.24) is 4.90 Å². The number of aryl methyl sites for hydroxylation is 1. The molecule has 36 heavy (non-hydrogen) atoms. The van der Waals surface area contributed by atoms with E-state index >= 15 is 0 Å². The summed E-state index contributed by atoms with van der Waals surface area (Å²) in [6, 6.07) is 16.7. The molecule has 0 aliphatic carbocycles. The van der Waals surface area contributed by atoms with Crippen molar-refractivity contribution in [2.45, 2.75) is 24.8 Å². The molecule has 3 aromatic carbocycles. The summed E-state index contributed by atoms with van der Waals surface area (Å²) in [6.07, 6.45) is 0.723. The van der Waals surface area contributed by atoms with Crippen LogP contribution >= 0.6 is 11.6 Å². The zero-order chi connectivity index (χ0) is 25.9. The Morgan fingerprint density at radius 2 is 1.69 bits per heavy atom. The lowest BCUT2D eigenvalue weighted by Crippen LogP contribution is -2.49. The molecule has 1 N–H and O–H groups in total. The van der Waals surface area contributed by atoms with Gasteiger partial charge in [0.15, 0.2) is 0 Å². The van der Waals surface area contributed by atoms with Crippen LogP contribution in [-0.4, -0.2) is 46.7 Å². The van der Waals surface area contributed by atoms with Crippen LogP contribution in [0.3, 0.4) is 0 Å². The summed E-state index contributed by atoms with van der Waals surface area (Å²) in [7, 11) is -0.764. The largest absolute Gasteiger partial charge is 0.497 e. The number of carbonyl (C=O) groups is 1. The van der Waals surface area contributed by atoms with E-state index in [1.165, 1.54) is 12.1 Å². The lowest BCUT2D eigenvalue weighted by atomic mass is 10.1. The minimum absolute atomic E-state index is 0.0426. The Balaban J connectivity index is 1.62. The molecule has 0 aromatic heterocycles. The Morgan fingerprint density at radius 1 is 0.972 bits per heavy atom. The topological polar surface area (TPSA) is 88.2 Å². The number of halogens is 1. The van der Waals surface area contributed by atoms with E-state index in [1.807, 2.05) is 25.1 Å². The molecular weight excluding hydrogens is 502 g/mol. The molecule has 1 aliphatic rings. The highest BCUT2D eigenvalue weighted by Crippen LogP contribution is 2.33. The van der Waals surface area contributed by atoms with Gasteiger partial charge in [0.2, 0.25) is 0 Å².